The molecule has 0 saturated carbocycles. The van der Waals surface area contributed by atoms with Gasteiger partial charge < -0.3 is 0 Å². The van der Waals surface area contributed by atoms with Crippen LogP contribution in [0.5, 0.6) is 0 Å². The molecule has 0 radical (unpaired) electrons. The molecule has 1 N–H and O–H groups in total. The molecule has 0 unspecified atom stereocenters. The third-order valence-corrected chi connectivity index (χ3v) is 2.86. The van der Waals surface area contributed by atoms with Crippen LogP contribution in [0.3, 0.4) is 0 Å². The van der Waals surface area contributed by atoms with E-state index >= 15 is 0 Å². The Morgan fingerprint density at radius 1 is 1.18 bits per heavy atom. The van der Waals surface area contributed by atoms with E-state index in [-0.39, 0.29) is 11.2 Å². The molecule has 0 atom stereocenters. The van der Waals surface area contributed by atoms with Gasteiger partial charge in [-0.05, 0) is 12.5 Å². The van der Waals surface area contributed by atoms with E-state index in [1.807, 2.05) is 52.0 Å². The van der Waals surface area contributed by atoms with E-state index in [2.05, 4.69) is 10.2 Å². The fourth-order valence-corrected chi connectivity index (χ4v) is 1.84. The Balaban J connectivity index is 2.56. The summed E-state index contributed by atoms with van der Waals surface area (Å²) in [5, 5.41) is 6.93. The second kappa shape index (κ2) is 3.99. The molecule has 0 aliphatic heterocycles. The number of hydrogen-bond acceptors (Lipinski definition) is 1. The summed E-state index contributed by atoms with van der Waals surface area (Å²) in [5.74, 6) is -0.244. The minimum atomic E-state index is -0.266. The van der Waals surface area contributed by atoms with Crippen molar-refractivity contribution in [2.45, 2.75) is 33.1 Å². The highest BCUT2D eigenvalue weighted by atomic mass is 19.1. The first-order valence-corrected chi connectivity index (χ1v) is 5.71. The quantitative estimate of drug-likeness (QED) is 0.795. The van der Waals surface area contributed by atoms with Gasteiger partial charge in [0.05, 0.1) is 5.69 Å². The molecule has 1 aromatic carbocycles. The van der Waals surface area contributed by atoms with Crippen molar-refractivity contribution < 1.29 is 4.39 Å². The molecule has 0 amide bonds. The van der Waals surface area contributed by atoms with Crippen LogP contribution in [0.15, 0.2) is 24.3 Å². The average Bonchev–Trinajstić information content (AvgIpc) is 2.60. The average molecular weight is 232 g/mol. The highest BCUT2D eigenvalue weighted by molar-refractivity contribution is 5.64. The minimum absolute atomic E-state index is 0.244. The van der Waals surface area contributed by atoms with E-state index in [1.54, 1.807) is 0 Å². The summed E-state index contributed by atoms with van der Waals surface area (Å²) in [4.78, 5) is 0. The Hall–Kier alpha value is -1.64. The summed E-state index contributed by atoms with van der Waals surface area (Å²) < 4.78 is 14.3. The van der Waals surface area contributed by atoms with Crippen molar-refractivity contribution in [3.8, 4) is 11.3 Å². The second-order valence-corrected chi connectivity index (χ2v) is 5.33. The van der Waals surface area contributed by atoms with Crippen LogP contribution in [0.1, 0.15) is 32.0 Å². The molecule has 0 spiro atoms. The maximum atomic E-state index is 14.3. The van der Waals surface area contributed by atoms with E-state index in [1.165, 1.54) is 0 Å². The van der Waals surface area contributed by atoms with Crippen molar-refractivity contribution in [1.82, 2.24) is 10.2 Å². The number of nitrogens with zero attached hydrogens (tertiary/aromatic N) is 1. The topological polar surface area (TPSA) is 28.7 Å². The van der Waals surface area contributed by atoms with Crippen molar-refractivity contribution in [3.05, 3.63) is 41.3 Å². The summed E-state index contributed by atoms with van der Waals surface area (Å²) >= 11 is 0. The zero-order valence-corrected chi connectivity index (χ0v) is 10.6. The largest absolute Gasteiger partial charge is 0.278 e. The van der Waals surface area contributed by atoms with Gasteiger partial charge >= 0.3 is 0 Å². The van der Waals surface area contributed by atoms with Gasteiger partial charge in [0.2, 0.25) is 0 Å². The number of rotatable bonds is 1. The van der Waals surface area contributed by atoms with Gasteiger partial charge in [-0.3, -0.25) is 5.10 Å². The molecule has 1 aromatic heterocycles. The molecule has 2 rings (SSSR count). The van der Waals surface area contributed by atoms with E-state index in [0.29, 0.717) is 11.4 Å². The molecule has 0 aliphatic rings. The van der Waals surface area contributed by atoms with Crippen LogP contribution in [0.4, 0.5) is 4.39 Å². The molecular formula is C14H17FN2. The van der Waals surface area contributed by atoms with Gasteiger partial charge in [0.15, 0.2) is 5.82 Å². The van der Waals surface area contributed by atoms with Crippen LogP contribution in [-0.2, 0) is 5.41 Å². The van der Waals surface area contributed by atoms with Gasteiger partial charge in [-0.1, -0.05) is 45.0 Å². The highest BCUT2D eigenvalue weighted by Gasteiger charge is 2.24. The van der Waals surface area contributed by atoms with E-state index in [9.17, 15) is 4.39 Å². The Labute approximate surface area is 101 Å². The number of halogens is 1. The summed E-state index contributed by atoms with van der Waals surface area (Å²) in [6.07, 6.45) is 0. The number of aromatic amines is 1. The Kier molecular flexibility index (Phi) is 2.77. The lowest BCUT2D eigenvalue weighted by atomic mass is 9.91. The second-order valence-electron chi connectivity index (χ2n) is 5.33. The molecule has 2 aromatic rings. The molecule has 0 bridgehead atoms. The Bertz CT molecular complexity index is 535. The van der Waals surface area contributed by atoms with Gasteiger partial charge in [0.25, 0.3) is 0 Å². The summed E-state index contributed by atoms with van der Waals surface area (Å²) in [6.45, 7) is 7.85. The van der Waals surface area contributed by atoms with Crippen molar-refractivity contribution in [2.24, 2.45) is 0 Å². The van der Waals surface area contributed by atoms with Crippen LogP contribution >= 0.6 is 0 Å². The van der Waals surface area contributed by atoms with Gasteiger partial charge in [-0.15, -0.1) is 0 Å². The van der Waals surface area contributed by atoms with Crippen molar-refractivity contribution in [1.29, 1.82) is 0 Å². The first-order chi connectivity index (χ1) is 7.91. The summed E-state index contributed by atoms with van der Waals surface area (Å²) in [7, 11) is 0. The Morgan fingerprint density at radius 2 is 1.82 bits per heavy atom. The SMILES string of the molecule is Cc1ccccc1-c1n[nH]c(C(C)(C)C)c1F. The lowest BCUT2D eigenvalue weighted by molar-refractivity contribution is 0.512. The fraction of sp³-hybridized carbons (Fsp3) is 0.357. The highest BCUT2D eigenvalue weighted by Crippen LogP contribution is 2.30. The van der Waals surface area contributed by atoms with E-state index in [4.69, 9.17) is 0 Å². The number of hydrogen-bond donors (Lipinski definition) is 1. The molecule has 0 fully saturated rings. The number of aromatic nitrogens is 2. The molecular weight excluding hydrogens is 215 g/mol. The van der Waals surface area contributed by atoms with Crippen LogP contribution in [0.25, 0.3) is 11.3 Å². The number of nitrogens with one attached hydrogen (secondary N) is 1. The maximum absolute atomic E-state index is 14.3. The first-order valence-electron chi connectivity index (χ1n) is 5.71. The molecule has 1 heterocycles. The van der Waals surface area contributed by atoms with Crippen molar-refractivity contribution in [2.75, 3.05) is 0 Å². The summed E-state index contributed by atoms with van der Waals surface area (Å²) in [5.41, 5.74) is 2.57. The smallest absolute Gasteiger partial charge is 0.172 e. The Morgan fingerprint density at radius 3 is 2.35 bits per heavy atom. The third kappa shape index (κ3) is 2.09. The monoisotopic (exact) mass is 232 g/mol. The van der Waals surface area contributed by atoms with Gasteiger partial charge in [0, 0.05) is 11.0 Å². The molecule has 2 nitrogen and oxygen atoms in total. The van der Waals surface area contributed by atoms with Crippen LogP contribution in [0, 0.1) is 12.7 Å². The normalized spacial score (nSPS) is 11.8. The predicted molar refractivity (Wildman–Crippen MR) is 67.4 cm³/mol. The zero-order valence-electron chi connectivity index (χ0n) is 10.6. The van der Waals surface area contributed by atoms with Crippen LogP contribution in [0.2, 0.25) is 0 Å². The van der Waals surface area contributed by atoms with Gasteiger partial charge in [-0.25, -0.2) is 4.39 Å². The standard InChI is InChI=1S/C14H17FN2/c1-9-7-5-6-8-10(9)12-11(15)13(17-16-12)14(2,3)4/h5-8H,1-4H3,(H,16,17). The predicted octanol–water partition coefficient (Wildman–Crippen LogP) is 3.82. The number of aryl methyl sites for hydroxylation is 1. The van der Waals surface area contributed by atoms with E-state index in [0.717, 1.165) is 11.1 Å². The molecule has 17 heavy (non-hydrogen) atoms. The first kappa shape index (κ1) is 11.8. The van der Waals surface area contributed by atoms with Crippen LogP contribution < -0.4 is 0 Å². The van der Waals surface area contributed by atoms with Crippen molar-refractivity contribution in [3.63, 3.8) is 0 Å². The van der Waals surface area contributed by atoms with Crippen LogP contribution in [-0.4, -0.2) is 10.2 Å². The summed E-state index contributed by atoms with van der Waals surface area (Å²) in [6, 6.07) is 7.68. The molecule has 0 aliphatic carbocycles. The fourth-order valence-electron chi connectivity index (χ4n) is 1.84. The zero-order chi connectivity index (χ0) is 12.6. The molecule has 90 valence electrons. The van der Waals surface area contributed by atoms with E-state index < -0.39 is 0 Å². The lowest BCUT2D eigenvalue weighted by Gasteiger charge is -2.15. The molecule has 0 saturated heterocycles. The minimum Gasteiger partial charge on any atom is -0.278 e. The maximum Gasteiger partial charge on any atom is 0.172 e. The number of benzene rings is 1. The van der Waals surface area contributed by atoms with Gasteiger partial charge in [0.1, 0.15) is 5.69 Å². The number of H-pyrrole nitrogens is 1. The third-order valence-electron chi connectivity index (χ3n) is 2.86. The van der Waals surface area contributed by atoms with Crippen molar-refractivity contribution >= 4 is 0 Å². The molecule has 3 heteroatoms. The van der Waals surface area contributed by atoms with Gasteiger partial charge in [-0.2, -0.15) is 5.10 Å². The lowest BCUT2D eigenvalue weighted by Crippen LogP contribution is -2.13.